The summed E-state index contributed by atoms with van der Waals surface area (Å²) >= 11 is 0. The molecular formula is C20H36O2Si. The van der Waals surface area contributed by atoms with Crippen LogP contribution in [0.15, 0.2) is 24.3 Å². The van der Waals surface area contributed by atoms with E-state index >= 15 is 0 Å². The molecule has 1 atom stereocenters. The van der Waals surface area contributed by atoms with E-state index in [9.17, 15) is 0 Å². The van der Waals surface area contributed by atoms with Crippen LogP contribution in [-0.2, 0) is 15.6 Å². The fourth-order valence-corrected chi connectivity index (χ4v) is 3.48. The Morgan fingerprint density at radius 3 is 2.13 bits per heavy atom. The Morgan fingerprint density at radius 1 is 0.913 bits per heavy atom. The van der Waals surface area contributed by atoms with Crippen molar-refractivity contribution in [2.24, 2.45) is 0 Å². The quantitative estimate of drug-likeness (QED) is 0.261. The summed E-state index contributed by atoms with van der Waals surface area (Å²) in [4.78, 5) is 0. The molecule has 1 aromatic carbocycles. The summed E-state index contributed by atoms with van der Waals surface area (Å²) in [7, 11) is -1.60. The van der Waals surface area contributed by atoms with E-state index in [-0.39, 0.29) is 6.29 Å². The Labute approximate surface area is 144 Å². The van der Waals surface area contributed by atoms with E-state index in [4.69, 9.17) is 9.16 Å². The molecule has 0 aromatic heterocycles. The normalized spacial score (nSPS) is 13.3. The zero-order valence-electron chi connectivity index (χ0n) is 15.9. The molecule has 0 saturated carbocycles. The van der Waals surface area contributed by atoms with Crippen LogP contribution in [0.1, 0.15) is 56.6 Å². The number of hydrogen-bond donors (Lipinski definition) is 0. The van der Waals surface area contributed by atoms with Gasteiger partial charge in [-0.2, -0.15) is 0 Å². The smallest absolute Gasteiger partial charge is 0.187 e. The lowest BCUT2D eigenvalue weighted by Crippen LogP contribution is -2.35. The largest absolute Gasteiger partial charge is 0.393 e. The number of hydrogen-bond acceptors (Lipinski definition) is 2. The fraction of sp³-hybridized carbons (Fsp3) is 0.700. The summed E-state index contributed by atoms with van der Waals surface area (Å²) in [5.41, 5.74) is 2.59. The van der Waals surface area contributed by atoms with E-state index in [0.29, 0.717) is 0 Å². The summed E-state index contributed by atoms with van der Waals surface area (Å²) < 4.78 is 12.3. The van der Waals surface area contributed by atoms with Crippen LogP contribution in [0, 0.1) is 6.92 Å². The average Bonchev–Trinajstić information content (AvgIpc) is 2.47. The van der Waals surface area contributed by atoms with Gasteiger partial charge in [-0.15, -0.1) is 0 Å². The number of ether oxygens (including phenoxy) is 1. The van der Waals surface area contributed by atoms with Crippen molar-refractivity contribution in [2.75, 3.05) is 6.61 Å². The Morgan fingerprint density at radius 2 is 1.52 bits per heavy atom. The highest BCUT2D eigenvalue weighted by molar-refractivity contribution is 6.69. The van der Waals surface area contributed by atoms with Crippen LogP contribution in [0.5, 0.6) is 0 Å². The number of unbranched alkanes of at least 4 members (excludes halogenated alkanes) is 5. The summed E-state index contributed by atoms with van der Waals surface area (Å²) in [6.07, 6.45) is 8.51. The van der Waals surface area contributed by atoms with Crippen molar-refractivity contribution in [1.82, 2.24) is 0 Å². The lowest BCUT2D eigenvalue weighted by Gasteiger charge is -2.26. The van der Waals surface area contributed by atoms with Crippen molar-refractivity contribution in [2.45, 2.75) is 84.7 Å². The minimum absolute atomic E-state index is 0.0972. The lowest BCUT2D eigenvalue weighted by atomic mass is 10.1. The van der Waals surface area contributed by atoms with Crippen molar-refractivity contribution in [3.63, 3.8) is 0 Å². The number of benzene rings is 1. The van der Waals surface area contributed by atoms with Crippen LogP contribution in [0.3, 0.4) is 0 Å². The van der Waals surface area contributed by atoms with Gasteiger partial charge in [0.25, 0.3) is 0 Å². The van der Waals surface area contributed by atoms with Gasteiger partial charge < -0.3 is 9.16 Å². The third-order valence-electron chi connectivity index (χ3n) is 3.81. The molecule has 0 bridgehead atoms. The molecule has 0 spiro atoms. The van der Waals surface area contributed by atoms with Gasteiger partial charge in [0.2, 0.25) is 0 Å². The van der Waals surface area contributed by atoms with Gasteiger partial charge in [-0.05, 0) is 38.5 Å². The number of aryl methyl sites for hydroxylation is 1. The van der Waals surface area contributed by atoms with E-state index in [0.717, 1.165) is 19.4 Å². The predicted octanol–water partition coefficient (Wildman–Crippen LogP) is 6.09. The van der Waals surface area contributed by atoms with E-state index in [1.165, 1.54) is 43.2 Å². The SMILES string of the molecule is CCCCCCCCOC(Cc1ccc(C)cc1)O[Si](C)(C)C. The minimum Gasteiger partial charge on any atom is -0.393 e. The first kappa shape index (κ1) is 20.4. The summed E-state index contributed by atoms with van der Waals surface area (Å²) in [6, 6.07) is 8.69. The van der Waals surface area contributed by atoms with Gasteiger partial charge in [0.1, 0.15) is 0 Å². The molecule has 0 saturated heterocycles. The van der Waals surface area contributed by atoms with Crippen molar-refractivity contribution < 1.29 is 9.16 Å². The molecule has 0 fully saturated rings. The van der Waals surface area contributed by atoms with Crippen LogP contribution in [0.2, 0.25) is 19.6 Å². The molecule has 2 nitrogen and oxygen atoms in total. The topological polar surface area (TPSA) is 18.5 Å². The summed E-state index contributed by atoms with van der Waals surface area (Å²) in [5, 5.41) is 0. The third kappa shape index (κ3) is 10.7. The molecule has 1 unspecified atom stereocenters. The monoisotopic (exact) mass is 336 g/mol. The Balaban J connectivity index is 2.38. The molecule has 3 heteroatoms. The van der Waals surface area contributed by atoms with Gasteiger partial charge in [0.15, 0.2) is 14.6 Å². The summed E-state index contributed by atoms with van der Waals surface area (Å²) in [5.74, 6) is 0. The Kier molecular flexibility index (Phi) is 9.76. The first-order chi connectivity index (χ1) is 10.9. The predicted molar refractivity (Wildman–Crippen MR) is 102 cm³/mol. The molecule has 0 N–H and O–H groups in total. The minimum atomic E-state index is -1.60. The van der Waals surface area contributed by atoms with Gasteiger partial charge in [-0.1, -0.05) is 68.9 Å². The van der Waals surface area contributed by atoms with E-state index in [2.05, 4.69) is 57.8 Å². The van der Waals surface area contributed by atoms with E-state index < -0.39 is 8.32 Å². The van der Waals surface area contributed by atoms with Gasteiger partial charge in [0, 0.05) is 13.0 Å². The van der Waals surface area contributed by atoms with Crippen LogP contribution < -0.4 is 0 Å². The molecule has 0 aliphatic rings. The summed E-state index contributed by atoms with van der Waals surface area (Å²) in [6.45, 7) is 11.9. The Bertz CT molecular complexity index is 409. The van der Waals surface area contributed by atoms with Crippen LogP contribution in [0.25, 0.3) is 0 Å². The average molecular weight is 337 g/mol. The van der Waals surface area contributed by atoms with Crippen LogP contribution in [-0.4, -0.2) is 21.2 Å². The maximum Gasteiger partial charge on any atom is 0.187 e. The van der Waals surface area contributed by atoms with Crippen molar-refractivity contribution >= 4 is 8.32 Å². The van der Waals surface area contributed by atoms with Gasteiger partial charge in [-0.3, -0.25) is 0 Å². The van der Waals surface area contributed by atoms with E-state index in [1.54, 1.807) is 0 Å². The highest BCUT2D eigenvalue weighted by atomic mass is 28.4. The molecule has 0 aliphatic carbocycles. The standard InChI is InChI=1S/C20H36O2Si/c1-6-7-8-9-10-11-16-21-20(22-23(3,4)5)17-19-14-12-18(2)13-15-19/h12-15,20H,6-11,16-17H2,1-5H3. The molecular weight excluding hydrogens is 300 g/mol. The Hall–Kier alpha value is -0.643. The van der Waals surface area contributed by atoms with Gasteiger partial charge in [-0.25, -0.2) is 0 Å². The van der Waals surface area contributed by atoms with Crippen LogP contribution in [0.4, 0.5) is 0 Å². The fourth-order valence-electron chi connectivity index (χ4n) is 2.54. The van der Waals surface area contributed by atoms with E-state index in [1.807, 2.05) is 0 Å². The molecule has 1 aromatic rings. The first-order valence-corrected chi connectivity index (χ1v) is 12.7. The van der Waals surface area contributed by atoms with Crippen molar-refractivity contribution in [1.29, 1.82) is 0 Å². The van der Waals surface area contributed by atoms with Crippen LogP contribution >= 0.6 is 0 Å². The molecule has 132 valence electrons. The third-order valence-corrected chi connectivity index (χ3v) is 4.78. The molecule has 0 aliphatic heterocycles. The second-order valence-electron chi connectivity index (χ2n) is 7.49. The number of rotatable bonds is 12. The van der Waals surface area contributed by atoms with Gasteiger partial charge >= 0.3 is 0 Å². The maximum atomic E-state index is 6.23. The highest BCUT2D eigenvalue weighted by Crippen LogP contribution is 2.15. The second-order valence-corrected chi connectivity index (χ2v) is 11.9. The maximum absolute atomic E-state index is 6.23. The van der Waals surface area contributed by atoms with Crippen molar-refractivity contribution in [3.8, 4) is 0 Å². The first-order valence-electron chi connectivity index (χ1n) is 9.25. The second kappa shape index (κ2) is 11.0. The highest BCUT2D eigenvalue weighted by Gasteiger charge is 2.21. The van der Waals surface area contributed by atoms with Gasteiger partial charge in [0.05, 0.1) is 0 Å². The van der Waals surface area contributed by atoms with Crippen molar-refractivity contribution in [3.05, 3.63) is 35.4 Å². The molecule has 0 heterocycles. The molecule has 1 rings (SSSR count). The zero-order chi connectivity index (χ0) is 17.1. The lowest BCUT2D eigenvalue weighted by molar-refractivity contribution is -0.0853. The zero-order valence-corrected chi connectivity index (χ0v) is 16.9. The molecule has 23 heavy (non-hydrogen) atoms. The molecule has 0 amide bonds. The molecule has 0 radical (unpaired) electrons.